The van der Waals surface area contributed by atoms with Crippen molar-refractivity contribution in [2.24, 2.45) is 0 Å². The lowest BCUT2D eigenvalue weighted by molar-refractivity contribution is 0.252. The summed E-state index contributed by atoms with van der Waals surface area (Å²) in [5, 5.41) is 7.80. The molecule has 1 saturated heterocycles. The molecule has 2 fully saturated rings. The van der Waals surface area contributed by atoms with Crippen molar-refractivity contribution in [1.29, 1.82) is 0 Å². The van der Waals surface area contributed by atoms with Gasteiger partial charge in [-0.2, -0.15) is 0 Å². The van der Waals surface area contributed by atoms with E-state index < -0.39 is 0 Å². The Bertz CT molecular complexity index is 405. The number of likely N-dealkylation sites (tertiary alicyclic amines) is 1. The highest BCUT2D eigenvalue weighted by Gasteiger charge is 2.32. The number of hydrogen-bond donors (Lipinski definition) is 1. The van der Waals surface area contributed by atoms with E-state index in [0.717, 1.165) is 24.0 Å². The summed E-state index contributed by atoms with van der Waals surface area (Å²) < 4.78 is 5.29. The molecule has 4 nitrogen and oxygen atoms in total. The fourth-order valence-corrected chi connectivity index (χ4v) is 3.13. The molecule has 0 bridgehead atoms. The van der Waals surface area contributed by atoms with Gasteiger partial charge in [0.1, 0.15) is 5.76 Å². The van der Waals surface area contributed by atoms with E-state index in [-0.39, 0.29) is 0 Å². The van der Waals surface area contributed by atoms with Gasteiger partial charge in [-0.25, -0.2) is 0 Å². The minimum absolute atomic E-state index is 0.419. The van der Waals surface area contributed by atoms with Crippen LogP contribution in [0.4, 0.5) is 0 Å². The molecule has 18 heavy (non-hydrogen) atoms. The highest BCUT2D eigenvalue weighted by molar-refractivity contribution is 5.24. The fraction of sp³-hybridized carbons (Fsp3) is 0.786. The molecule has 4 heteroatoms. The first-order valence-corrected chi connectivity index (χ1v) is 7.08. The second kappa shape index (κ2) is 4.67. The summed E-state index contributed by atoms with van der Waals surface area (Å²) in [6.07, 6.45) is 4.01. The van der Waals surface area contributed by atoms with Crippen molar-refractivity contribution in [3.05, 3.63) is 17.0 Å². The predicted molar refractivity (Wildman–Crippen MR) is 70.5 cm³/mol. The molecule has 0 aromatic carbocycles. The largest absolute Gasteiger partial charge is 0.361 e. The van der Waals surface area contributed by atoms with Gasteiger partial charge in [0.05, 0.1) is 5.69 Å². The lowest BCUT2D eigenvalue weighted by Crippen LogP contribution is -2.34. The number of hydrogen-bond acceptors (Lipinski definition) is 4. The van der Waals surface area contributed by atoms with Crippen molar-refractivity contribution in [2.75, 3.05) is 13.1 Å². The summed E-state index contributed by atoms with van der Waals surface area (Å²) in [6.45, 7) is 8.66. The van der Waals surface area contributed by atoms with E-state index in [0.29, 0.717) is 12.1 Å². The molecule has 0 amide bonds. The van der Waals surface area contributed by atoms with Crippen LogP contribution in [0.15, 0.2) is 4.52 Å². The number of nitrogens with zero attached hydrogens (tertiary/aromatic N) is 2. The summed E-state index contributed by atoms with van der Waals surface area (Å²) in [6, 6.07) is 1.91. The molecule has 2 heterocycles. The van der Waals surface area contributed by atoms with Crippen molar-refractivity contribution in [3.63, 3.8) is 0 Å². The van der Waals surface area contributed by atoms with Gasteiger partial charge in [0.15, 0.2) is 0 Å². The third-order valence-corrected chi connectivity index (χ3v) is 4.32. The van der Waals surface area contributed by atoms with E-state index in [2.05, 4.69) is 22.3 Å². The molecular weight excluding hydrogens is 226 g/mol. The molecule has 2 unspecified atom stereocenters. The SMILES string of the molecule is Cc1noc(C)c1C(C)N1CCC(NC2CC2)C1. The number of aromatic nitrogens is 1. The number of rotatable bonds is 4. The van der Waals surface area contributed by atoms with E-state index in [9.17, 15) is 0 Å². The Morgan fingerprint density at radius 3 is 2.67 bits per heavy atom. The zero-order chi connectivity index (χ0) is 12.7. The highest BCUT2D eigenvalue weighted by Crippen LogP contribution is 2.30. The van der Waals surface area contributed by atoms with Crippen molar-refractivity contribution < 1.29 is 4.52 Å². The maximum absolute atomic E-state index is 5.29. The molecule has 2 aliphatic rings. The van der Waals surface area contributed by atoms with Crippen LogP contribution in [0.5, 0.6) is 0 Å². The summed E-state index contributed by atoms with van der Waals surface area (Å²) in [5.74, 6) is 0.971. The van der Waals surface area contributed by atoms with Gasteiger partial charge in [0.25, 0.3) is 0 Å². The summed E-state index contributed by atoms with van der Waals surface area (Å²) in [5.41, 5.74) is 2.32. The van der Waals surface area contributed by atoms with Crippen LogP contribution in [0.1, 0.15) is 49.2 Å². The van der Waals surface area contributed by atoms with Gasteiger partial charge in [-0.05, 0) is 40.0 Å². The monoisotopic (exact) mass is 249 g/mol. The van der Waals surface area contributed by atoms with Crippen LogP contribution in [0, 0.1) is 13.8 Å². The first-order valence-electron chi connectivity index (χ1n) is 7.08. The third kappa shape index (κ3) is 2.31. The van der Waals surface area contributed by atoms with Crippen LogP contribution in [-0.4, -0.2) is 35.2 Å². The Kier molecular flexibility index (Phi) is 3.16. The van der Waals surface area contributed by atoms with Gasteiger partial charge in [-0.15, -0.1) is 0 Å². The Balaban J connectivity index is 1.64. The Morgan fingerprint density at radius 2 is 2.06 bits per heavy atom. The van der Waals surface area contributed by atoms with E-state index in [1.807, 2.05) is 13.8 Å². The van der Waals surface area contributed by atoms with Crippen molar-refractivity contribution >= 4 is 0 Å². The predicted octanol–water partition coefficient (Wildman–Crippen LogP) is 2.18. The molecule has 2 atom stereocenters. The molecule has 1 aromatic rings. The Labute approximate surface area is 109 Å². The molecule has 0 spiro atoms. The molecule has 100 valence electrons. The Morgan fingerprint density at radius 1 is 1.28 bits per heavy atom. The molecule has 1 aliphatic carbocycles. The molecule has 0 radical (unpaired) electrons. The fourth-order valence-electron chi connectivity index (χ4n) is 3.13. The summed E-state index contributed by atoms with van der Waals surface area (Å²) in [7, 11) is 0. The standard InChI is InChI=1S/C14H23N3O/c1-9-14(11(3)18-16-9)10(2)17-7-6-13(8-17)15-12-4-5-12/h10,12-13,15H,4-8H2,1-3H3. The van der Waals surface area contributed by atoms with Crippen LogP contribution >= 0.6 is 0 Å². The lowest BCUT2D eigenvalue weighted by Gasteiger charge is -2.24. The highest BCUT2D eigenvalue weighted by atomic mass is 16.5. The van der Waals surface area contributed by atoms with Crippen LogP contribution in [0.2, 0.25) is 0 Å². The molecule has 1 saturated carbocycles. The van der Waals surface area contributed by atoms with Crippen LogP contribution in [-0.2, 0) is 0 Å². The zero-order valence-electron chi connectivity index (χ0n) is 11.6. The van der Waals surface area contributed by atoms with Gasteiger partial charge < -0.3 is 9.84 Å². The minimum Gasteiger partial charge on any atom is -0.361 e. The van der Waals surface area contributed by atoms with E-state index in [1.165, 1.54) is 31.4 Å². The van der Waals surface area contributed by atoms with Crippen molar-refractivity contribution in [3.8, 4) is 0 Å². The molecule has 1 aliphatic heterocycles. The van der Waals surface area contributed by atoms with Crippen LogP contribution in [0.3, 0.4) is 0 Å². The van der Waals surface area contributed by atoms with Crippen LogP contribution in [0.25, 0.3) is 0 Å². The van der Waals surface area contributed by atoms with Crippen molar-refractivity contribution in [1.82, 2.24) is 15.4 Å². The first kappa shape index (κ1) is 12.2. The van der Waals surface area contributed by atoms with Crippen LogP contribution < -0.4 is 5.32 Å². The molecule has 3 rings (SSSR count). The smallest absolute Gasteiger partial charge is 0.138 e. The van der Waals surface area contributed by atoms with E-state index in [4.69, 9.17) is 4.52 Å². The molecule has 1 N–H and O–H groups in total. The first-order chi connectivity index (χ1) is 8.65. The quantitative estimate of drug-likeness (QED) is 0.888. The summed E-state index contributed by atoms with van der Waals surface area (Å²) >= 11 is 0. The van der Waals surface area contributed by atoms with Crippen molar-refractivity contribution in [2.45, 2.75) is 58.2 Å². The van der Waals surface area contributed by atoms with Gasteiger partial charge in [-0.1, -0.05) is 5.16 Å². The lowest BCUT2D eigenvalue weighted by atomic mass is 10.1. The molecular formula is C14H23N3O. The average Bonchev–Trinajstić information content (AvgIpc) is 2.91. The van der Waals surface area contributed by atoms with E-state index >= 15 is 0 Å². The zero-order valence-corrected chi connectivity index (χ0v) is 11.6. The maximum atomic E-state index is 5.29. The number of nitrogens with one attached hydrogen (secondary N) is 1. The van der Waals surface area contributed by atoms with Gasteiger partial charge in [-0.3, -0.25) is 4.90 Å². The minimum atomic E-state index is 0.419. The average molecular weight is 249 g/mol. The summed E-state index contributed by atoms with van der Waals surface area (Å²) in [4.78, 5) is 2.55. The molecule has 1 aromatic heterocycles. The van der Waals surface area contributed by atoms with E-state index in [1.54, 1.807) is 0 Å². The number of aryl methyl sites for hydroxylation is 2. The van der Waals surface area contributed by atoms with Gasteiger partial charge in [0, 0.05) is 36.8 Å². The van der Waals surface area contributed by atoms with Gasteiger partial charge in [0.2, 0.25) is 0 Å². The topological polar surface area (TPSA) is 41.3 Å². The normalized spacial score (nSPS) is 26.7. The second-order valence-corrected chi connectivity index (χ2v) is 5.84. The van der Waals surface area contributed by atoms with Gasteiger partial charge >= 0.3 is 0 Å². The Hall–Kier alpha value is -0.870. The maximum Gasteiger partial charge on any atom is 0.138 e. The third-order valence-electron chi connectivity index (χ3n) is 4.32. The second-order valence-electron chi connectivity index (χ2n) is 5.84.